The molecule has 0 bridgehead atoms. The molecule has 104 valence electrons. The van der Waals surface area contributed by atoms with Gasteiger partial charge in [0.2, 0.25) is 0 Å². The lowest BCUT2D eigenvalue weighted by atomic mass is 9.93. The summed E-state index contributed by atoms with van der Waals surface area (Å²) in [5.41, 5.74) is 2.74. The van der Waals surface area contributed by atoms with Crippen LogP contribution < -0.4 is 10.6 Å². The Balaban J connectivity index is 2.20. The molecule has 0 saturated heterocycles. The minimum Gasteiger partial charge on any atom is -0.396 e. The van der Waals surface area contributed by atoms with Gasteiger partial charge in [-0.3, -0.25) is 4.79 Å². The van der Waals surface area contributed by atoms with Crippen molar-refractivity contribution in [2.75, 3.05) is 13.2 Å². The second kappa shape index (κ2) is 5.72. The summed E-state index contributed by atoms with van der Waals surface area (Å²) in [4.78, 5) is 12.4. The predicted octanol–water partition coefficient (Wildman–Crippen LogP) is 1.22. The van der Waals surface area contributed by atoms with Gasteiger partial charge in [0, 0.05) is 24.3 Å². The van der Waals surface area contributed by atoms with E-state index in [0.29, 0.717) is 6.42 Å². The molecule has 1 aromatic rings. The van der Waals surface area contributed by atoms with Crippen LogP contribution in [0.25, 0.3) is 0 Å². The smallest absolute Gasteiger partial charge is 0.251 e. The fraction of sp³-hybridized carbons (Fsp3) is 0.533. The molecule has 0 saturated carbocycles. The maximum absolute atomic E-state index is 12.4. The van der Waals surface area contributed by atoms with Crippen molar-refractivity contribution in [2.24, 2.45) is 0 Å². The molecule has 19 heavy (non-hydrogen) atoms. The maximum Gasteiger partial charge on any atom is 0.251 e. The van der Waals surface area contributed by atoms with Crippen molar-refractivity contribution in [3.05, 3.63) is 34.9 Å². The van der Waals surface area contributed by atoms with Crippen molar-refractivity contribution >= 4 is 5.91 Å². The van der Waals surface area contributed by atoms with Crippen molar-refractivity contribution in [3.8, 4) is 0 Å². The fourth-order valence-electron chi connectivity index (χ4n) is 2.46. The normalized spacial score (nSPS) is 14.9. The number of carbonyl (C=O) groups excluding carboxylic acids is 1. The molecule has 0 atom stereocenters. The van der Waals surface area contributed by atoms with Gasteiger partial charge in [-0.15, -0.1) is 0 Å². The van der Waals surface area contributed by atoms with Gasteiger partial charge in [0.05, 0.1) is 0 Å². The van der Waals surface area contributed by atoms with Crippen LogP contribution in [0.4, 0.5) is 0 Å². The molecule has 1 aromatic carbocycles. The number of amides is 1. The van der Waals surface area contributed by atoms with E-state index in [2.05, 4.69) is 16.7 Å². The van der Waals surface area contributed by atoms with Crippen molar-refractivity contribution in [3.63, 3.8) is 0 Å². The van der Waals surface area contributed by atoms with Gasteiger partial charge in [-0.2, -0.15) is 0 Å². The van der Waals surface area contributed by atoms with Crippen LogP contribution in [0.15, 0.2) is 18.2 Å². The van der Waals surface area contributed by atoms with Gasteiger partial charge in [0.25, 0.3) is 5.91 Å². The van der Waals surface area contributed by atoms with Crippen LogP contribution in [0.5, 0.6) is 0 Å². The average molecular weight is 262 g/mol. The van der Waals surface area contributed by atoms with Crippen LogP contribution in [0.2, 0.25) is 0 Å². The van der Waals surface area contributed by atoms with Gasteiger partial charge in [-0.05, 0) is 50.4 Å². The van der Waals surface area contributed by atoms with Crippen LogP contribution in [-0.4, -0.2) is 29.7 Å². The summed E-state index contributed by atoms with van der Waals surface area (Å²) in [5, 5.41) is 15.3. The molecule has 0 aliphatic carbocycles. The van der Waals surface area contributed by atoms with Crippen LogP contribution in [0.3, 0.4) is 0 Å². The highest BCUT2D eigenvalue weighted by molar-refractivity contribution is 5.96. The molecule has 2 rings (SSSR count). The third kappa shape index (κ3) is 3.33. The lowest BCUT2D eigenvalue weighted by Crippen LogP contribution is -2.44. The molecule has 0 aromatic heterocycles. The molecule has 0 unspecified atom stereocenters. The number of carbonyl (C=O) groups is 1. The number of rotatable bonds is 4. The van der Waals surface area contributed by atoms with Gasteiger partial charge < -0.3 is 15.7 Å². The molecule has 1 amide bonds. The number of hydrogen-bond donors (Lipinski definition) is 3. The third-order valence-electron chi connectivity index (χ3n) is 3.57. The standard InChI is InChI=1S/C15H22N2O2/c1-15(2,7-9-18)17-14(19)13-5-3-4-11-10-16-8-6-12(11)13/h3-5,16,18H,6-10H2,1-2H3,(H,17,19). The molecule has 1 aliphatic heterocycles. The Kier molecular flexibility index (Phi) is 4.22. The summed E-state index contributed by atoms with van der Waals surface area (Å²) in [6, 6.07) is 5.88. The third-order valence-corrected chi connectivity index (χ3v) is 3.57. The van der Waals surface area contributed by atoms with E-state index in [1.165, 1.54) is 5.56 Å². The van der Waals surface area contributed by atoms with E-state index in [0.717, 1.165) is 30.6 Å². The van der Waals surface area contributed by atoms with Crippen molar-refractivity contribution < 1.29 is 9.90 Å². The Labute approximate surface area is 114 Å². The Morgan fingerprint density at radius 1 is 1.47 bits per heavy atom. The van der Waals surface area contributed by atoms with Gasteiger partial charge in [0.15, 0.2) is 0 Å². The molecule has 1 aliphatic rings. The number of aliphatic hydroxyl groups is 1. The Hall–Kier alpha value is -1.39. The second-order valence-electron chi connectivity index (χ2n) is 5.68. The Morgan fingerprint density at radius 2 is 2.26 bits per heavy atom. The minimum absolute atomic E-state index is 0.0443. The first-order chi connectivity index (χ1) is 9.03. The Morgan fingerprint density at radius 3 is 3.00 bits per heavy atom. The fourth-order valence-corrected chi connectivity index (χ4v) is 2.46. The molecular weight excluding hydrogens is 240 g/mol. The van der Waals surface area contributed by atoms with Crippen molar-refractivity contribution in [1.82, 2.24) is 10.6 Å². The summed E-state index contributed by atoms with van der Waals surface area (Å²) < 4.78 is 0. The molecule has 0 fully saturated rings. The average Bonchev–Trinajstić information content (AvgIpc) is 2.37. The zero-order valence-electron chi connectivity index (χ0n) is 11.6. The van der Waals surface area contributed by atoms with Crippen LogP contribution >= 0.6 is 0 Å². The van der Waals surface area contributed by atoms with Crippen molar-refractivity contribution in [2.45, 2.75) is 38.8 Å². The van der Waals surface area contributed by atoms with Gasteiger partial charge >= 0.3 is 0 Å². The van der Waals surface area contributed by atoms with E-state index < -0.39 is 0 Å². The number of fused-ring (bicyclic) bond motifs is 1. The van der Waals surface area contributed by atoms with E-state index in [1.54, 1.807) is 0 Å². The van der Waals surface area contributed by atoms with Crippen LogP contribution in [0.1, 0.15) is 41.8 Å². The van der Waals surface area contributed by atoms with Crippen LogP contribution in [-0.2, 0) is 13.0 Å². The molecule has 0 spiro atoms. The van der Waals surface area contributed by atoms with Crippen LogP contribution in [0, 0.1) is 0 Å². The molecule has 4 heteroatoms. The van der Waals surface area contributed by atoms with E-state index in [4.69, 9.17) is 5.11 Å². The largest absolute Gasteiger partial charge is 0.396 e. The topological polar surface area (TPSA) is 61.4 Å². The summed E-state index contributed by atoms with van der Waals surface area (Å²) >= 11 is 0. The SMILES string of the molecule is CC(C)(CCO)NC(=O)c1cccc2c1CCNC2. The highest BCUT2D eigenvalue weighted by Crippen LogP contribution is 2.19. The highest BCUT2D eigenvalue weighted by atomic mass is 16.3. The van der Waals surface area contributed by atoms with E-state index >= 15 is 0 Å². The summed E-state index contributed by atoms with van der Waals surface area (Å²) in [5.74, 6) is -0.0443. The maximum atomic E-state index is 12.4. The van der Waals surface area contributed by atoms with E-state index in [1.807, 2.05) is 26.0 Å². The van der Waals surface area contributed by atoms with Crippen molar-refractivity contribution in [1.29, 1.82) is 0 Å². The Bertz CT molecular complexity index is 469. The lowest BCUT2D eigenvalue weighted by Gasteiger charge is -2.27. The molecule has 3 N–H and O–H groups in total. The summed E-state index contributed by atoms with van der Waals surface area (Å²) in [6.45, 7) is 5.67. The van der Waals surface area contributed by atoms with Gasteiger partial charge in [-0.1, -0.05) is 12.1 Å². The first kappa shape index (κ1) is 14.0. The predicted molar refractivity (Wildman–Crippen MR) is 75.1 cm³/mol. The lowest BCUT2D eigenvalue weighted by molar-refractivity contribution is 0.0898. The first-order valence-electron chi connectivity index (χ1n) is 6.78. The zero-order valence-corrected chi connectivity index (χ0v) is 11.6. The quantitative estimate of drug-likeness (QED) is 0.764. The second-order valence-corrected chi connectivity index (χ2v) is 5.68. The van der Waals surface area contributed by atoms with Gasteiger partial charge in [0.1, 0.15) is 0 Å². The van der Waals surface area contributed by atoms with E-state index in [9.17, 15) is 4.79 Å². The number of nitrogens with one attached hydrogen (secondary N) is 2. The van der Waals surface area contributed by atoms with E-state index in [-0.39, 0.29) is 18.1 Å². The minimum atomic E-state index is -0.387. The number of benzene rings is 1. The number of aliphatic hydroxyl groups excluding tert-OH is 1. The first-order valence-corrected chi connectivity index (χ1v) is 6.78. The van der Waals surface area contributed by atoms with Gasteiger partial charge in [-0.25, -0.2) is 0 Å². The summed E-state index contributed by atoms with van der Waals surface area (Å²) in [7, 11) is 0. The molecular formula is C15H22N2O2. The highest BCUT2D eigenvalue weighted by Gasteiger charge is 2.23. The zero-order chi connectivity index (χ0) is 13.9. The number of hydrogen-bond acceptors (Lipinski definition) is 3. The molecule has 4 nitrogen and oxygen atoms in total. The molecule has 1 heterocycles. The summed E-state index contributed by atoms with van der Waals surface area (Å²) in [6.07, 6.45) is 1.44. The monoisotopic (exact) mass is 262 g/mol. The molecule has 0 radical (unpaired) electrons.